The Morgan fingerprint density at radius 1 is 1.36 bits per heavy atom. The lowest BCUT2D eigenvalue weighted by atomic mass is 10.4. The molecule has 0 bridgehead atoms. The highest BCUT2D eigenvalue weighted by Gasteiger charge is 2.04. The maximum absolute atomic E-state index is 5.74. The predicted octanol–water partition coefficient (Wildman–Crippen LogP) is 2.34. The van der Waals surface area contributed by atoms with Crippen LogP contribution in [0.25, 0.3) is 5.82 Å². The van der Waals surface area contributed by atoms with Crippen LogP contribution in [0.1, 0.15) is 11.4 Å². The molecule has 3 nitrogen and oxygen atoms in total. The van der Waals surface area contributed by atoms with Gasteiger partial charge in [0.15, 0.2) is 5.82 Å². The molecular weight excluding hydrogens is 198 g/mol. The van der Waals surface area contributed by atoms with Crippen LogP contribution in [0.2, 0.25) is 5.02 Å². The Kier molecular flexibility index (Phi) is 2.25. The predicted molar refractivity (Wildman–Crippen MR) is 54.7 cm³/mol. The summed E-state index contributed by atoms with van der Waals surface area (Å²) in [4.78, 5) is 4.17. The van der Waals surface area contributed by atoms with Gasteiger partial charge < -0.3 is 0 Å². The van der Waals surface area contributed by atoms with Crippen LogP contribution in [0.3, 0.4) is 0 Å². The van der Waals surface area contributed by atoms with Crippen LogP contribution >= 0.6 is 11.6 Å². The number of nitrogens with zero attached hydrogens (tertiary/aromatic N) is 3. The Morgan fingerprint density at radius 2 is 2.14 bits per heavy atom. The average Bonchev–Trinajstić information content (AvgIpc) is 2.47. The summed E-state index contributed by atoms with van der Waals surface area (Å²) in [6.07, 6.45) is 1.60. The Hall–Kier alpha value is -1.35. The third-order valence-electron chi connectivity index (χ3n) is 1.86. The van der Waals surface area contributed by atoms with Crippen molar-refractivity contribution in [3.63, 3.8) is 0 Å². The van der Waals surface area contributed by atoms with Gasteiger partial charge in [0.05, 0.1) is 16.4 Å². The smallest absolute Gasteiger partial charge is 0.153 e. The first-order chi connectivity index (χ1) is 6.66. The SMILES string of the molecule is Cc1[c]c(C)n(-c2ccc(Cl)cn2)n1. The van der Waals surface area contributed by atoms with Gasteiger partial charge in [0.1, 0.15) is 0 Å². The van der Waals surface area contributed by atoms with Crippen molar-refractivity contribution < 1.29 is 0 Å². The van der Waals surface area contributed by atoms with Gasteiger partial charge in [0, 0.05) is 12.3 Å². The molecule has 14 heavy (non-hydrogen) atoms. The van der Waals surface area contributed by atoms with Crippen LogP contribution in [0.15, 0.2) is 18.3 Å². The van der Waals surface area contributed by atoms with Crippen molar-refractivity contribution in [1.82, 2.24) is 14.8 Å². The molecule has 2 rings (SSSR count). The first kappa shape index (κ1) is 9.21. The molecule has 1 radical (unpaired) electrons. The van der Waals surface area contributed by atoms with Gasteiger partial charge in [-0.2, -0.15) is 5.10 Å². The van der Waals surface area contributed by atoms with Crippen molar-refractivity contribution in [2.45, 2.75) is 13.8 Å². The van der Waals surface area contributed by atoms with E-state index in [-0.39, 0.29) is 0 Å². The normalized spacial score (nSPS) is 10.5. The molecule has 0 fully saturated rings. The van der Waals surface area contributed by atoms with Gasteiger partial charge in [-0.3, -0.25) is 0 Å². The van der Waals surface area contributed by atoms with Gasteiger partial charge in [0.2, 0.25) is 0 Å². The fourth-order valence-electron chi connectivity index (χ4n) is 1.28. The number of hydrogen-bond donors (Lipinski definition) is 0. The first-order valence-electron chi connectivity index (χ1n) is 4.24. The molecule has 0 atom stereocenters. The Morgan fingerprint density at radius 3 is 2.64 bits per heavy atom. The van der Waals surface area contributed by atoms with Crippen LogP contribution in [-0.4, -0.2) is 14.8 Å². The molecule has 0 aliphatic rings. The average molecular weight is 207 g/mol. The fraction of sp³-hybridized carbons (Fsp3) is 0.200. The summed E-state index contributed by atoms with van der Waals surface area (Å²) in [5.74, 6) is 0.760. The third kappa shape index (κ3) is 1.63. The molecule has 0 amide bonds. The molecule has 0 saturated heterocycles. The lowest BCUT2D eigenvalue weighted by Crippen LogP contribution is -2.01. The van der Waals surface area contributed by atoms with E-state index in [1.54, 1.807) is 16.9 Å². The van der Waals surface area contributed by atoms with E-state index in [0.29, 0.717) is 5.02 Å². The van der Waals surface area contributed by atoms with Crippen molar-refractivity contribution in [2.75, 3.05) is 0 Å². The number of rotatable bonds is 1. The molecule has 0 N–H and O–H groups in total. The molecule has 2 aromatic rings. The lowest BCUT2D eigenvalue weighted by molar-refractivity contribution is 0.806. The van der Waals surface area contributed by atoms with Gasteiger partial charge in [-0.25, -0.2) is 9.67 Å². The molecule has 0 unspecified atom stereocenters. The van der Waals surface area contributed by atoms with E-state index < -0.39 is 0 Å². The second kappa shape index (κ2) is 3.42. The Bertz CT molecular complexity index is 445. The number of aromatic nitrogens is 3. The molecule has 0 aliphatic carbocycles. The molecule has 0 saturated carbocycles. The molecule has 0 spiro atoms. The van der Waals surface area contributed by atoms with Crippen LogP contribution < -0.4 is 0 Å². The second-order valence-electron chi connectivity index (χ2n) is 3.04. The largest absolute Gasteiger partial charge is 0.236 e. The maximum atomic E-state index is 5.74. The summed E-state index contributed by atoms with van der Waals surface area (Å²) in [5.41, 5.74) is 1.80. The maximum Gasteiger partial charge on any atom is 0.153 e. The van der Waals surface area contributed by atoms with E-state index in [1.807, 2.05) is 19.9 Å². The highest BCUT2D eigenvalue weighted by Crippen LogP contribution is 2.11. The Labute approximate surface area is 87.3 Å². The topological polar surface area (TPSA) is 30.7 Å². The van der Waals surface area contributed by atoms with Gasteiger partial charge in [-0.15, -0.1) is 0 Å². The standard InChI is InChI=1S/C10H9ClN3/c1-7-5-8(2)14(13-7)10-4-3-9(11)6-12-10/h3-4,6H,1-2H3. The highest BCUT2D eigenvalue weighted by molar-refractivity contribution is 6.30. The number of pyridine rings is 1. The van der Waals surface area contributed by atoms with Crippen LogP contribution in [0.4, 0.5) is 0 Å². The summed E-state index contributed by atoms with van der Waals surface area (Å²) in [7, 11) is 0. The van der Waals surface area contributed by atoms with Gasteiger partial charge in [-0.1, -0.05) is 11.6 Å². The molecule has 71 valence electrons. The summed E-state index contributed by atoms with van der Waals surface area (Å²) < 4.78 is 1.74. The summed E-state index contributed by atoms with van der Waals surface area (Å²) in [5, 5.41) is 4.89. The van der Waals surface area contributed by atoms with Crippen molar-refractivity contribution in [1.29, 1.82) is 0 Å². The molecular formula is C10H9ClN3. The highest BCUT2D eigenvalue weighted by atomic mass is 35.5. The molecule has 0 aromatic carbocycles. The number of halogens is 1. The zero-order valence-electron chi connectivity index (χ0n) is 7.95. The number of hydrogen-bond acceptors (Lipinski definition) is 2. The van der Waals surface area contributed by atoms with Gasteiger partial charge in [0.25, 0.3) is 0 Å². The van der Waals surface area contributed by atoms with E-state index in [9.17, 15) is 0 Å². The van der Waals surface area contributed by atoms with Crippen molar-refractivity contribution in [3.05, 3.63) is 40.8 Å². The molecule has 0 aliphatic heterocycles. The second-order valence-corrected chi connectivity index (χ2v) is 3.48. The fourth-order valence-corrected chi connectivity index (χ4v) is 1.39. The molecule has 4 heteroatoms. The summed E-state index contributed by atoms with van der Waals surface area (Å²) in [6.45, 7) is 3.84. The first-order valence-corrected chi connectivity index (χ1v) is 4.62. The van der Waals surface area contributed by atoms with Gasteiger partial charge >= 0.3 is 0 Å². The van der Waals surface area contributed by atoms with E-state index in [2.05, 4.69) is 16.1 Å². The monoisotopic (exact) mass is 206 g/mol. The van der Waals surface area contributed by atoms with Crippen LogP contribution in [0, 0.1) is 19.9 Å². The van der Waals surface area contributed by atoms with E-state index in [0.717, 1.165) is 17.2 Å². The van der Waals surface area contributed by atoms with E-state index >= 15 is 0 Å². The minimum Gasteiger partial charge on any atom is -0.236 e. The van der Waals surface area contributed by atoms with Crippen molar-refractivity contribution >= 4 is 11.6 Å². The lowest BCUT2D eigenvalue weighted by Gasteiger charge is -2.01. The van der Waals surface area contributed by atoms with Gasteiger partial charge in [-0.05, 0) is 26.0 Å². The third-order valence-corrected chi connectivity index (χ3v) is 2.08. The number of aryl methyl sites for hydroxylation is 2. The summed E-state index contributed by atoms with van der Waals surface area (Å²) in [6, 6.07) is 6.72. The van der Waals surface area contributed by atoms with Crippen molar-refractivity contribution in [2.24, 2.45) is 0 Å². The molecule has 2 aromatic heterocycles. The quantitative estimate of drug-likeness (QED) is 0.717. The Balaban J connectivity index is 2.49. The zero-order valence-corrected chi connectivity index (χ0v) is 8.71. The minimum absolute atomic E-state index is 0.624. The van der Waals surface area contributed by atoms with E-state index in [4.69, 9.17) is 11.6 Å². The van der Waals surface area contributed by atoms with E-state index in [1.165, 1.54) is 0 Å². The van der Waals surface area contributed by atoms with Crippen LogP contribution in [0.5, 0.6) is 0 Å². The summed E-state index contributed by atoms with van der Waals surface area (Å²) >= 11 is 5.74. The molecule has 2 heterocycles. The van der Waals surface area contributed by atoms with Crippen LogP contribution in [-0.2, 0) is 0 Å². The minimum atomic E-state index is 0.624. The zero-order chi connectivity index (χ0) is 10.1. The van der Waals surface area contributed by atoms with Crippen molar-refractivity contribution in [3.8, 4) is 5.82 Å².